The highest BCUT2D eigenvalue weighted by atomic mass is 32.2. The van der Waals surface area contributed by atoms with Crippen LogP contribution in [0.25, 0.3) is 0 Å². The summed E-state index contributed by atoms with van der Waals surface area (Å²) < 4.78 is 27.8. The van der Waals surface area contributed by atoms with Crippen molar-refractivity contribution in [2.45, 2.75) is 44.4 Å². The van der Waals surface area contributed by atoms with Crippen molar-refractivity contribution in [2.24, 2.45) is 5.92 Å². The fourth-order valence-corrected chi connectivity index (χ4v) is 2.74. The second-order valence-corrected chi connectivity index (χ2v) is 8.20. The molecule has 0 aliphatic rings. The Morgan fingerprint density at radius 3 is 2.39 bits per heavy atom. The first kappa shape index (κ1) is 19.4. The van der Waals surface area contributed by atoms with Crippen LogP contribution in [0, 0.1) is 23.1 Å². The summed E-state index contributed by atoms with van der Waals surface area (Å²) in [5, 5.41) is 17.8. The highest BCUT2D eigenvalue weighted by Gasteiger charge is 2.30. The number of benzene rings is 1. The minimum absolute atomic E-state index is 0.113. The van der Waals surface area contributed by atoms with Crippen molar-refractivity contribution in [3.63, 3.8) is 0 Å². The molecule has 5 nitrogen and oxygen atoms in total. The molecule has 0 heterocycles. The van der Waals surface area contributed by atoms with Crippen LogP contribution in [0.5, 0.6) is 0 Å². The van der Waals surface area contributed by atoms with Crippen LogP contribution < -0.4 is 4.72 Å². The van der Waals surface area contributed by atoms with Crippen LogP contribution in [0.4, 0.5) is 4.39 Å². The molecule has 0 saturated heterocycles. The SMILES string of the molecule is CC(C)(C)[S@@+]([O-])N[C@H](CCC(C#N)C(=O)O)c1ccc(F)cc1. The molecule has 126 valence electrons. The van der Waals surface area contributed by atoms with Gasteiger partial charge in [0.05, 0.1) is 12.1 Å². The lowest BCUT2D eigenvalue weighted by Gasteiger charge is -2.28. The van der Waals surface area contributed by atoms with Gasteiger partial charge in [-0.1, -0.05) is 12.1 Å². The van der Waals surface area contributed by atoms with E-state index in [0.717, 1.165) is 0 Å². The summed E-state index contributed by atoms with van der Waals surface area (Å²) in [5.74, 6) is -2.69. The fourth-order valence-electron chi connectivity index (χ4n) is 1.87. The van der Waals surface area contributed by atoms with Crippen LogP contribution in [-0.2, 0) is 16.2 Å². The Morgan fingerprint density at radius 2 is 1.96 bits per heavy atom. The molecule has 0 fully saturated rings. The van der Waals surface area contributed by atoms with E-state index < -0.39 is 34.0 Å². The van der Waals surface area contributed by atoms with Gasteiger partial charge >= 0.3 is 5.97 Å². The maximum absolute atomic E-state index is 13.1. The van der Waals surface area contributed by atoms with Crippen LogP contribution in [0.2, 0.25) is 0 Å². The van der Waals surface area contributed by atoms with Crippen LogP contribution in [-0.4, -0.2) is 20.4 Å². The lowest BCUT2D eigenvalue weighted by molar-refractivity contribution is -0.140. The van der Waals surface area contributed by atoms with Gasteiger partial charge in [-0.15, -0.1) is 4.72 Å². The molecule has 7 heteroatoms. The number of halogens is 1. The van der Waals surface area contributed by atoms with Crippen LogP contribution in [0.15, 0.2) is 24.3 Å². The third-order valence-corrected chi connectivity index (χ3v) is 4.89. The molecule has 2 N–H and O–H groups in total. The van der Waals surface area contributed by atoms with E-state index in [2.05, 4.69) is 4.72 Å². The summed E-state index contributed by atoms with van der Waals surface area (Å²) in [7, 11) is 0. The number of carboxylic acid groups (broad SMARTS) is 1. The molecule has 23 heavy (non-hydrogen) atoms. The van der Waals surface area contributed by atoms with Gasteiger partial charge in [-0.3, -0.25) is 4.79 Å². The van der Waals surface area contributed by atoms with E-state index in [4.69, 9.17) is 10.4 Å². The third-order valence-electron chi connectivity index (χ3n) is 3.28. The van der Waals surface area contributed by atoms with Crippen LogP contribution >= 0.6 is 0 Å². The van der Waals surface area contributed by atoms with E-state index in [0.29, 0.717) is 12.0 Å². The van der Waals surface area contributed by atoms with E-state index in [1.165, 1.54) is 12.1 Å². The van der Waals surface area contributed by atoms with E-state index >= 15 is 0 Å². The van der Waals surface area contributed by atoms with Gasteiger partial charge in [0.1, 0.15) is 16.5 Å². The molecule has 0 radical (unpaired) electrons. The zero-order valence-electron chi connectivity index (χ0n) is 13.4. The molecule has 1 aromatic rings. The van der Waals surface area contributed by atoms with Crippen LogP contribution in [0.3, 0.4) is 0 Å². The molecular formula is C16H21FN2O3S. The van der Waals surface area contributed by atoms with E-state index in [1.54, 1.807) is 18.2 Å². The fraction of sp³-hybridized carbons (Fsp3) is 0.500. The number of nitrogens with zero attached hydrogens (tertiary/aromatic N) is 1. The van der Waals surface area contributed by atoms with Crippen molar-refractivity contribution < 1.29 is 18.8 Å². The summed E-state index contributed by atoms with van der Waals surface area (Å²) >= 11 is -1.37. The zero-order chi connectivity index (χ0) is 17.6. The third kappa shape index (κ3) is 6.18. The molecule has 1 aromatic carbocycles. The number of aliphatic carboxylic acids is 1. The van der Waals surface area contributed by atoms with Gasteiger partial charge in [0.25, 0.3) is 0 Å². The topological polar surface area (TPSA) is 96.2 Å². The van der Waals surface area contributed by atoms with Gasteiger partial charge < -0.3 is 9.66 Å². The van der Waals surface area contributed by atoms with Crippen molar-refractivity contribution in [3.8, 4) is 6.07 Å². The Kier molecular flexibility index (Phi) is 7.01. The number of nitriles is 1. The first-order valence-corrected chi connectivity index (χ1v) is 8.36. The molecule has 0 spiro atoms. The molecule has 0 amide bonds. The van der Waals surface area contributed by atoms with Crippen molar-refractivity contribution in [1.29, 1.82) is 5.26 Å². The van der Waals surface area contributed by atoms with Gasteiger partial charge in [0.15, 0.2) is 0 Å². The van der Waals surface area contributed by atoms with Crippen molar-refractivity contribution in [2.75, 3.05) is 0 Å². The van der Waals surface area contributed by atoms with E-state index in [-0.39, 0.29) is 12.2 Å². The van der Waals surface area contributed by atoms with E-state index in [1.807, 2.05) is 20.8 Å². The normalized spacial score (nSPS) is 15.5. The number of hydrogen-bond donors (Lipinski definition) is 2. The van der Waals surface area contributed by atoms with Gasteiger partial charge in [-0.25, -0.2) is 4.39 Å². The molecule has 0 aliphatic heterocycles. The average molecular weight is 340 g/mol. The minimum atomic E-state index is -1.37. The highest BCUT2D eigenvalue weighted by Crippen LogP contribution is 2.25. The van der Waals surface area contributed by atoms with E-state index in [9.17, 15) is 13.7 Å². The second-order valence-electron chi connectivity index (χ2n) is 6.20. The predicted octanol–water partition coefficient (Wildman–Crippen LogP) is 2.92. The van der Waals surface area contributed by atoms with Gasteiger partial charge in [0, 0.05) is 11.4 Å². The predicted molar refractivity (Wildman–Crippen MR) is 86.1 cm³/mol. The van der Waals surface area contributed by atoms with Gasteiger partial charge in [-0.2, -0.15) is 5.26 Å². The maximum Gasteiger partial charge on any atom is 0.320 e. The van der Waals surface area contributed by atoms with Gasteiger partial charge in [-0.05, 0) is 51.3 Å². The van der Waals surface area contributed by atoms with Crippen molar-refractivity contribution >= 4 is 17.3 Å². The number of rotatable bonds is 7. The standard InChI is InChI=1S/C16H21FN2O3S/c1-16(2,3)23(22)19-14(9-6-12(10-18)15(20)21)11-4-7-13(17)8-5-11/h4-5,7-8,12,14,19H,6,9H2,1-3H3,(H,20,21)/t12?,14-,23-/m1/s1. The summed E-state index contributed by atoms with van der Waals surface area (Å²) in [6.45, 7) is 5.44. The van der Waals surface area contributed by atoms with Crippen LogP contribution in [0.1, 0.15) is 45.2 Å². The maximum atomic E-state index is 13.1. The molecule has 0 bridgehead atoms. The Morgan fingerprint density at radius 1 is 1.39 bits per heavy atom. The average Bonchev–Trinajstić information content (AvgIpc) is 2.46. The summed E-state index contributed by atoms with van der Waals surface area (Å²) in [5.41, 5.74) is 0.700. The number of carbonyl (C=O) groups is 1. The van der Waals surface area contributed by atoms with Gasteiger partial charge in [0.2, 0.25) is 0 Å². The Labute approximate surface area is 138 Å². The molecule has 1 unspecified atom stereocenters. The first-order valence-electron chi connectivity index (χ1n) is 7.21. The Balaban J connectivity index is 2.90. The Bertz CT molecular complexity index is 566. The lowest BCUT2D eigenvalue weighted by atomic mass is 9.97. The molecule has 0 aromatic heterocycles. The molecular weight excluding hydrogens is 319 g/mol. The lowest BCUT2D eigenvalue weighted by Crippen LogP contribution is -2.41. The van der Waals surface area contributed by atoms with Crippen molar-refractivity contribution in [1.82, 2.24) is 4.72 Å². The summed E-state index contributed by atoms with van der Waals surface area (Å²) in [6, 6.07) is 7.03. The highest BCUT2D eigenvalue weighted by molar-refractivity contribution is 7.90. The molecule has 1 rings (SSSR count). The minimum Gasteiger partial charge on any atom is -0.598 e. The number of hydrogen-bond acceptors (Lipinski definition) is 4. The quantitative estimate of drug-likeness (QED) is 0.744. The first-order chi connectivity index (χ1) is 10.6. The Hall–Kier alpha value is -1.62. The largest absolute Gasteiger partial charge is 0.598 e. The molecule has 0 saturated carbocycles. The second kappa shape index (κ2) is 8.29. The zero-order valence-corrected chi connectivity index (χ0v) is 14.2. The molecule has 0 aliphatic carbocycles. The van der Waals surface area contributed by atoms with Crippen molar-refractivity contribution in [3.05, 3.63) is 35.6 Å². The monoisotopic (exact) mass is 340 g/mol. The molecule has 3 atom stereocenters. The summed E-state index contributed by atoms with van der Waals surface area (Å²) in [6.07, 6.45) is 0.417. The number of nitrogens with one attached hydrogen (secondary N) is 1. The summed E-state index contributed by atoms with van der Waals surface area (Å²) in [4.78, 5) is 11.0. The number of carboxylic acids is 1. The smallest absolute Gasteiger partial charge is 0.320 e.